The van der Waals surface area contributed by atoms with Gasteiger partial charge in [0.1, 0.15) is 12.1 Å². The van der Waals surface area contributed by atoms with Crippen LogP contribution in [0, 0.1) is 0 Å². The Balaban J connectivity index is 5.02. The van der Waals surface area contributed by atoms with Crippen LogP contribution in [-0.4, -0.2) is 66.0 Å². The number of aliphatic carboxylic acids is 1. The van der Waals surface area contributed by atoms with Crippen molar-refractivity contribution >= 4 is 29.7 Å². The number of carbonyl (C=O) groups is 3. The van der Waals surface area contributed by atoms with E-state index in [-0.39, 0.29) is 31.3 Å². The monoisotopic (exact) mass is 443 g/mol. The Morgan fingerprint density at radius 3 is 1.77 bits per heavy atom. The third-order valence-electron chi connectivity index (χ3n) is 4.34. The Hall–Kier alpha value is -3.09. The Labute approximate surface area is 182 Å². The van der Waals surface area contributed by atoms with Gasteiger partial charge in [-0.15, -0.1) is 0 Å². The topological polar surface area (TPSA) is 250 Å². The summed E-state index contributed by atoms with van der Waals surface area (Å²) >= 11 is 0. The first-order valence-corrected chi connectivity index (χ1v) is 10.3. The number of rotatable bonds is 16. The predicted octanol–water partition coefficient (Wildman–Crippen LogP) is -2.33. The molecule has 13 nitrogen and oxygen atoms in total. The van der Waals surface area contributed by atoms with Crippen LogP contribution in [-0.2, 0) is 14.4 Å². The molecule has 0 aliphatic rings. The van der Waals surface area contributed by atoms with E-state index >= 15 is 0 Å². The van der Waals surface area contributed by atoms with E-state index in [2.05, 4.69) is 20.6 Å². The van der Waals surface area contributed by atoms with E-state index in [1.807, 2.05) is 6.92 Å². The van der Waals surface area contributed by atoms with Gasteiger partial charge < -0.3 is 44.4 Å². The molecule has 0 spiro atoms. The number of hydrogen-bond acceptors (Lipinski definition) is 6. The van der Waals surface area contributed by atoms with Gasteiger partial charge in [-0.3, -0.25) is 19.6 Å². The van der Waals surface area contributed by atoms with Crippen molar-refractivity contribution < 1.29 is 19.5 Å². The number of hydrogen-bond donors (Lipinski definition) is 8. The second-order valence-corrected chi connectivity index (χ2v) is 7.11. The van der Waals surface area contributed by atoms with Crippen LogP contribution in [0.2, 0.25) is 0 Å². The summed E-state index contributed by atoms with van der Waals surface area (Å²) < 4.78 is 0. The third kappa shape index (κ3) is 13.7. The van der Waals surface area contributed by atoms with Crippen molar-refractivity contribution in [1.82, 2.24) is 10.6 Å². The number of carboxylic acids is 1. The third-order valence-corrected chi connectivity index (χ3v) is 4.34. The van der Waals surface area contributed by atoms with Crippen LogP contribution < -0.4 is 39.3 Å². The molecule has 13 N–H and O–H groups in total. The molecule has 0 aromatic heterocycles. The van der Waals surface area contributed by atoms with Crippen molar-refractivity contribution in [1.29, 1.82) is 0 Å². The van der Waals surface area contributed by atoms with Crippen LogP contribution in [0.25, 0.3) is 0 Å². The highest BCUT2D eigenvalue weighted by atomic mass is 16.4. The maximum Gasteiger partial charge on any atom is 0.326 e. The lowest BCUT2D eigenvalue weighted by atomic mass is 10.1. The molecule has 0 aliphatic heterocycles. The van der Waals surface area contributed by atoms with Gasteiger partial charge in [-0.25, -0.2) is 4.79 Å². The zero-order valence-electron chi connectivity index (χ0n) is 18.0. The maximum absolute atomic E-state index is 12.7. The highest BCUT2D eigenvalue weighted by Crippen LogP contribution is 2.05. The van der Waals surface area contributed by atoms with E-state index in [1.54, 1.807) is 0 Å². The number of carboxylic acid groups (broad SMARTS) is 1. The molecule has 0 saturated carbocycles. The molecule has 2 amide bonds. The minimum atomic E-state index is -1.14. The second kappa shape index (κ2) is 15.7. The number of guanidine groups is 2. The molecule has 13 heteroatoms. The van der Waals surface area contributed by atoms with Crippen LogP contribution in [0.1, 0.15) is 51.9 Å². The Morgan fingerprint density at radius 1 is 0.806 bits per heavy atom. The maximum atomic E-state index is 12.7. The number of amides is 2. The molecule has 31 heavy (non-hydrogen) atoms. The van der Waals surface area contributed by atoms with Crippen LogP contribution in [0.15, 0.2) is 9.98 Å². The van der Waals surface area contributed by atoms with Gasteiger partial charge in [0.05, 0.1) is 6.04 Å². The summed E-state index contributed by atoms with van der Waals surface area (Å²) in [5.74, 6) is -2.41. The number of unbranched alkanes of at least 4 members (excludes halogenated alkanes) is 1. The standard InChI is InChI=1S/C18H37N9O4/c1-2-3-7-13(16(30)31)27-15(29)12(8-5-10-25-18(22)23)26-14(28)11(19)6-4-9-24-17(20)21/h11-13H,2-10,19H2,1H3,(H,26,28)(H,27,29)(H,30,31)(H4,20,21,24)(H4,22,23,25)/t11-,12-,13-/m0/s1. The average Bonchev–Trinajstić information content (AvgIpc) is 2.69. The summed E-state index contributed by atoms with van der Waals surface area (Å²) in [7, 11) is 0. The lowest BCUT2D eigenvalue weighted by molar-refractivity contribution is -0.142. The smallest absolute Gasteiger partial charge is 0.326 e. The highest BCUT2D eigenvalue weighted by molar-refractivity contribution is 5.91. The van der Waals surface area contributed by atoms with Crippen molar-refractivity contribution in [2.24, 2.45) is 38.7 Å². The minimum Gasteiger partial charge on any atom is -0.480 e. The summed E-state index contributed by atoms with van der Waals surface area (Å²) in [5, 5.41) is 14.4. The Bertz CT molecular complexity index is 632. The fourth-order valence-corrected chi connectivity index (χ4v) is 2.64. The molecule has 0 saturated heterocycles. The molecule has 0 aromatic rings. The summed E-state index contributed by atoms with van der Waals surface area (Å²) in [5.41, 5.74) is 26.9. The second-order valence-electron chi connectivity index (χ2n) is 7.11. The first-order chi connectivity index (χ1) is 14.6. The van der Waals surface area contributed by atoms with Crippen LogP contribution in [0.4, 0.5) is 0 Å². The lowest BCUT2D eigenvalue weighted by Gasteiger charge is -2.23. The van der Waals surface area contributed by atoms with Crippen molar-refractivity contribution in [2.45, 2.75) is 70.0 Å². The quantitative estimate of drug-likeness (QED) is 0.0721. The van der Waals surface area contributed by atoms with Gasteiger partial charge in [0.25, 0.3) is 0 Å². The molecule has 0 bridgehead atoms. The molecule has 0 fully saturated rings. The van der Waals surface area contributed by atoms with Crippen molar-refractivity contribution in [3.05, 3.63) is 0 Å². The van der Waals surface area contributed by atoms with Gasteiger partial charge in [-0.1, -0.05) is 19.8 Å². The normalized spacial score (nSPS) is 13.4. The summed E-state index contributed by atoms with van der Waals surface area (Å²) in [6, 6.07) is -2.90. The molecule has 178 valence electrons. The summed E-state index contributed by atoms with van der Waals surface area (Å²) in [6.45, 7) is 2.50. The molecule has 0 unspecified atom stereocenters. The molecule has 0 heterocycles. The van der Waals surface area contributed by atoms with Gasteiger partial charge in [0.2, 0.25) is 11.8 Å². The Morgan fingerprint density at radius 2 is 1.29 bits per heavy atom. The molecule has 0 aliphatic carbocycles. The largest absolute Gasteiger partial charge is 0.480 e. The summed E-state index contributed by atoms with van der Waals surface area (Å²) in [4.78, 5) is 44.2. The number of aliphatic imine (C=N–C) groups is 2. The number of nitrogens with zero attached hydrogens (tertiary/aromatic N) is 2. The summed E-state index contributed by atoms with van der Waals surface area (Å²) in [6.07, 6.45) is 3.09. The van der Waals surface area contributed by atoms with Gasteiger partial charge in [-0.2, -0.15) is 0 Å². The first kappa shape index (κ1) is 27.9. The van der Waals surface area contributed by atoms with Crippen LogP contribution in [0.3, 0.4) is 0 Å². The Kier molecular flexibility index (Phi) is 14.1. The molecule has 0 aromatic carbocycles. The number of nitrogens with one attached hydrogen (secondary N) is 2. The van der Waals surface area contributed by atoms with Crippen LogP contribution >= 0.6 is 0 Å². The zero-order chi connectivity index (χ0) is 23.8. The van der Waals surface area contributed by atoms with Crippen molar-refractivity contribution in [2.75, 3.05) is 13.1 Å². The fraction of sp³-hybridized carbons (Fsp3) is 0.722. The minimum absolute atomic E-state index is 0.0495. The van der Waals surface area contributed by atoms with E-state index < -0.39 is 35.9 Å². The SMILES string of the molecule is CCCC[C@H](NC(=O)[C@H](CCCN=C(N)N)NC(=O)[C@@H](N)CCCN=C(N)N)C(=O)O. The predicted molar refractivity (Wildman–Crippen MR) is 119 cm³/mol. The number of carbonyl (C=O) groups excluding carboxylic acids is 2. The van der Waals surface area contributed by atoms with Gasteiger partial charge in [0.15, 0.2) is 11.9 Å². The van der Waals surface area contributed by atoms with Crippen molar-refractivity contribution in [3.63, 3.8) is 0 Å². The zero-order valence-corrected chi connectivity index (χ0v) is 18.0. The van der Waals surface area contributed by atoms with E-state index in [4.69, 9.17) is 28.7 Å². The molecule has 0 radical (unpaired) electrons. The van der Waals surface area contributed by atoms with E-state index in [0.29, 0.717) is 32.2 Å². The first-order valence-electron chi connectivity index (χ1n) is 10.3. The molecular formula is C18H37N9O4. The van der Waals surface area contributed by atoms with Crippen LogP contribution in [0.5, 0.6) is 0 Å². The molecular weight excluding hydrogens is 406 g/mol. The molecule has 3 atom stereocenters. The fourth-order valence-electron chi connectivity index (χ4n) is 2.64. The lowest BCUT2D eigenvalue weighted by Crippen LogP contribution is -2.54. The van der Waals surface area contributed by atoms with Crippen molar-refractivity contribution in [3.8, 4) is 0 Å². The average molecular weight is 444 g/mol. The van der Waals surface area contributed by atoms with Gasteiger partial charge in [0, 0.05) is 13.1 Å². The number of nitrogens with two attached hydrogens (primary N) is 5. The van der Waals surface area contributed by atoms with E-state index in [9.17, 15) is 19.5 Å². The van der Waals surface area contributed by atoms with E-state index in [1.165, 1.54) is 0 Å². The van der Waals surface area contributed by atoms with Gasteiger partial charge in [-0.05, 0) is 32.1 Å². The highest BCUT2D eigenvalue weighted by Gasteiger charge is 2.27. The molecule has 0 rings (SSSR count). The van der Waals surface area contributed by atoms with Gasteiger partial charge >= 0.3 is 5.97 Å². The van der Waals surface area contributed by atoms with E-state index in [0.717, 1.165) is 6.42 Å².